The van der Waals surface area contributed by atoms with E-state index in [1.165, 1.54) is 0 Å². The van der Waals surface area contributed by atoms with Crippen LogP contribution in [-0.4, -0.2) is 25.0 Å². The minimum Gasteiger partial charge on any atom is -0.336 e. The van der Waals surface area contributed by atoms with Crippen molar-refractivity contribution in [2.24, 2.45) is 0 Å². The van der Waals surface area contributed by atoms with Crippen LogP contribution in [0.25, 0.3) is 0 Å². The normalized spacial score (nSPS) is 10.3. The Morgan fingerprint density at radius 2 is 1.54 bits per heavy atom. The Morgan fingerprint density at radius 1 is 0.923 bits per heavy atom. The number of hydrogen-bond acceptors (Lipinski definition) is 2. The highest BCUT2D eigenvalue weighted by atomic mass is 16.2. The third-order valence-corrected chi connectivity index (χ3v) is 4.27. The molecule has 0 aliphatic carbocycles. The molecular formula is C21H27N3O2. The summed E-state index contributed by atoms with van der Waals surface area (Å²) in [5.74, 6) is -0.0223. The van der Waals surface area contributed by atoms with Gasteiger partial charge in [0.2, 0.25) is 5.91 Å². The van der Waals surface area contributed by atoms with Gasteiger partial charge in [-0.15, -0.1) is 0 Å². The largest absolute Gasteiger partial charge is 0.336 e. The molecule has 26 heavy (non-hydrogen) atoms. The molecule has 2 rings (SSSR count). The van der Waals surface area contributed by atoms with E-state index in [1.54, 1.807) is 11.8 Å². The van der Waals surface area contributed by atoms with Gasteiger partial charge >= 0.3 is 6.03 Å². The number of rotatable bonds is 7. The molecule has 3 amide bonds. The maximum Gasteiger partial charge on any atom is 0.319 e. The second-order valence-electron chi connectivity index (χ2n) is 6.05. The number of aryl methyl sites for hydroxylation is 2. The topological polar surface area (TPSA) is 61.4 Å². The van der Waals surface area contributed by atoms with E-state index < -0.39 is 0 Å². The molecule has 0 saturated heterocycles. The molecule has 0 unspecified atom stereocenters. The van der Waals surface area contributed by atoms with Crippen LogP contribution in [0.2, 0.25) is 0 Å². The van der Waals surface area contributed by atoms with E-state index in [-0.39, 0.29) is 11.9 Å². The molecule has 2 N–H and O–H groups in total. The van der Waals surface area contributed by atoms with Crippen LogP contribution in [0.3, 0.4) is 0 Å². The van der Waals surface area contributed by atoms with Crippen LogP contribution in [-0.2, 0) is 17.6 Å². The van der Waals surface area contributed by atoms with Crippen molar-refractivity contribution in [3.05, 3.63) is 59.7 Å². The van der Waals surface area contributed by atoms with Crippen LogP contribution < -0.4 is 15.5 Å². The molecule has 0 aliphatic heterocycles. The van der Waals surface area contributed by atoms with Crippen molar-refractivity contribution >= 4 is 23.3 Å². The van der Waals surface area contributed by atoms with Gasteiger partial charge < -0.3 is 15.5 Å². The third kappa shape index (κ3) is 5.09. The number of para-hydroxylation sites is 2. The van der Waals surface area contributed by atoms with Crippen molar-refractivity contribution in [3.63, 3.8) is 0 Å². The summed E-state index contributed by atoms with van der Waals surface area (Å²) in [6.45, 7) is 6.54. The van der Waals surface area contributed by atoms with Crippen molar-refractivity contribution in [2.45, 2.75) is 33.6 Å². The Bertz CT molecular complexity index is 722. The van der Waals surface area contributed by atoms with E-state index in [1.807, 2.05) is 36.4 Å². The van der Waals surface area contributed by atoms with Crippen LogP contribution in [0.15, 0.2) is 48.5 Å². The average Bonchev–Trinajstić information content (AvgIpc) is 2.65. The molecule has 0 heterocycles. The van der Waals surface area contributed by atoms with Crippen LogP contribution in [0.4, 0.5) is 16.2 Å². The molecule has 0 atom stereocenters. The highest BCUT2D eigenvalue weighted by Crippen LogP contribution is 2.27. The van der Waals surface area contributed by atoms with Gasteiger partial charge in [0, 0.05) is 25.7 Å². The molecule has 0 saturated carbocycles. The summed E-state index contributed by atoms with van der Waals surface area (Å²) in [5.41, 5.74) is 4.01. The van der Waals surface area contributed by atoms with Crippen LogP contribution in [0.1, 0.15) is 31.9 Å². The van der Waals surface area contributed by atoms with Crippen molar-refractivity contribution in [2.75, 3.05) is 23.3 Å². The second-order valence-corrected chi connectivity index (χ2v) is 6.05. The number of benzene rings is 2. The van der Waals surface area contributed by atoms with E-state index >= 15 is 0 Å². The molecule has 5 nitrogen and oxygen atoms in total. The first-order chi connectivity index (χ1) is 12.6. The molecule has 0 aliphatic rings. The monoisotopic (exact) mass is 353 g/mol. The fourth-order valence-corrected chi connectivity index (χ4v) is 2.97. The molecular weight excluding hydrogens is 326 g/mol. The van der Waals surface area contributed by atoms with Gasteiger partial charge in [-0.05, 0) is 36.1 Å². The summed E-state index contributed by atoms with van der Waals surface area (Å²) >= 11 is 0. The summed E-state index contributed by atoms with van der Waals surface area (Å²) < 4.78 is 0. The predicted molar refractivity (Wildman–Crippen MR) is 107 cm³/mol. The molecule has 0 radical (unpaired) electrons. The Morgan fingerprint density at radius 3 is 2.08 bits per heavy atom. The number of hydrogen-bond donors (Lipinski definition) is 2. The molecule has 0 fully saturated rings. The van der Waals surface area contributed by atoms with Crippen LogP contribution in [0.5, 0.6) is 0 Å². The Kier molecular flexibility index (Phi) is 7.21. The number of carbonyl (C=O) groups is 2. The van der Waals surface area contributed by atoms with Gasteiger partial charge in [-0.1, -0.05) is 50.2 Å². The highest BCUT2D eigenvalue weighted by molar-refractivity contribution is 5.93. The van der Waals surface area contributed by atoms with Gasteiger partial charge in [-0.2, -0.15) is 0 Å². The van der Waals surface area contributed by atoms with E-state index in [9.17, 15) is 9.59 Å². The summed E-state index contributed by atoms with van der Waals surface area (Å²) in [5, 5.41) is 5.59. The van der Waals surface area contributed by atoms with Gasteiger partial charge in [0.1, 0.15) is 0 Å². The van der Waals surface area contributed by atoms with E-state index in [0.29, 0.717) is 13.1 Å². The second kappa shape index (κ2) is 9.61. The Labute approximate surface area is 155 Å². The first-order valence-electron chi connectivity index (χ1n) is 9.05. The number of nitrogens with one attached hydrogen (secondary N) is 2. The lowest BCUT2D eigenvalue weighted by Crippen LogP contribution is -2.39. The number of nitrogens with zero attached hydrogens (tertiary/aromatic N) is 1. The SMILES string of the molecule is CCc1cccc(CC)c1N(CCNC(=O)Nc1ccccc1)C(C)=O. The van der Waals surface area contributed by atoms with Gasteiger partial charge in [-0.3, -0.25) is 4.79 Å². The first-order valence-corrected chi connectivity index (χ1v) is 9.05. The maximum atomic E-state index is 12.2. The first kappa shape index (κ1) is 19.5. The lowest BCUT2D eigenvalue weighted by atomic mass is 10.0. The molecule has 0 aromatic heterocycles. The summed E-state index contributed by atoms with van der Waals surface area (Å²) in [7, 11) is 0. The number of anilines is 2. The maximum absolute atomic E-state index is 12.2. The Hall–Kier alpha value is -2.82. The molecule has 2 aromatic carbocycles. The van der Waals surface area contributed by atoms with Crippen molar-refractivity contribution in [1.82, 2.24) is 5.32 Å². The summed E-state index contributed by atoms with van der Waals surface area (Å²) in [6.07, 6.45) is 1.71. The number of amides is 3. The lowest BCUT2D eigenvalue weighted by molar-refractivity contribution is -0.116. The predicted octanol–water partition coefficient (Wildman–Crippen LogP) is 3.99. The zero-order chi connectivity index (χ0) is 18.9. The minimum absolute atomic E-state index is 0.0223. The van der Waals surface area contributed by atoms with Gasteiger partial charge in [0.25, 0.3) is 0 Å². The standard InChI is InChI=1S/C21H27N3O2/c1-4-17-10-9-11-18(5-2)20(17)24(16(3)25)15-14-22-21(26)23-19-12-7-6-8-13-19/h6-13H,4-5,14-15H2,1-3H3,(H2,22,23,26). The van der Waals surface area contributed by atoms with Crippen LogP contribution >= 0.6 is 0 Å². The van der Waals surface area contributed by atoms with E-state index in [0.717, 1.165) is 35.3 Å². The van der Waals surface area contributed by atoms with Crippen LogP contribution in [0, 0.1) is 0 Å². The molecule has 0 spiro atoms. The van der Waals surface area contributed by atoms with Gasteiger partial charge in [0.15, 0.2) is 0 Å². The molecule has 2 aromatic rings. The quantitative estimate of drug-likeness (QED) is 0.791. The lowest BCUT2D eigenvalue weighted by Gasteiger charge is -2.26. The Balaban J connectivity index is 2.03. The summed E-state index contributed by atoms with van der Waals surface area (Å²) in [4.78, 5) is 26.0. The van der Waals surface area contributed by atoms with Crippen molar-refractivity contribution in [1.29, 1.82) is 0 Å². The fourth-order valence-electron chi connectivity index (χ4n) is 2.97. The number of urea groups is 1. The molecule has 138 valence electrons. The minimum atomic E-state index is -0.279. The van der Waals surface area contributed by atoms with E-state index in [2.05, 4.69) is 36.6 Å². The molecule has 0 bridgehead atoms. The smallest absolute Gasteiger partial charge is 0.319 e. The van der Waals surface area contributed by atoms with Crippen molar-refractivity contribution < 1.29 is 9.59 Å². The summed E-state index contributed by atoms with van der Waals surface area (Å²) in [6, 6.07) is 15.1. The zero-order valence-corrected chi connectivity index (χ0v) is 15.7. The average molecular weight is 353 g/mol. The third-order valence-electron chi connectivity index (χ3n) is 4.27. The van der Waals surface area contributed by atoms with Crippen molar-refractivity contribution in [3.8, 4) is 0 Å². The van der Waals surface area contributed by atoms with Gasteiger partial charge in [0.05, 0.1) is 5.69 Å². The fraction of sp³-hybridized carbons (Fsp3) is 0.333. The van der Waals surface area contributed by atoms with E-state index in [4.69, 9.17) is 0 Å². The van der Waals surface area contributed by atoms with Gasteiger partial charge in [-0.25, -0.2) is 4.79 Å². The number of carbonyl (C=O) groups excluding carboxylic acids is 2. The highest BCUT2D eigenvalue weighted by Gasteiger charge is 2.18. The molecule has 5 heteroatoms. The zero-order valence-electron chi connectivity index (χ0n) is 15.7.